The zero-order valence-corrected chi connectivity index (χ0v) is 17.1. The molecule has 0 aliphatic heterocycles. The van der Waals surface area contributed by atoms with Gasteiger partial charge in [0.1, 0.15) is 11.0 Å². The number of rotatable bonds is 7. The molecule has 3 N–H and O–H groups in total. The van der Waals surface area contributed by atoms with Gasteiger partial charge >= 0.3 is 5.97 Å². The molecule has 0 saturated carbocycles. The van der Waals surface area contributed by atoms with Crippen LogP contribution in [-0.4, -0.2) is 39.5 Å². The number of aromatic nitrogens is 3. The summed E-state index contributed by atoms with van der Waals surface area (Å²) in [5, 5.41) is 11.7. The van der Waals surface area contributed by atoms with Crippen molar-refractivity contribution in [3.05, 3.63) is 16.0 Å². The number of nitrogen functional groups attached to an aromatic ring is 1. The number of nitrogens with two attached hydrogens (primary N) is 1. The first-order valence-electron chi connectivity index (χ1n) is 8.17. The van der Waals surface area contributed by atoms with Crippen LogP contribution in [0.25, 0.3) is 0 Å². The van der Waals surface area contributed by atoms with Crippen LogP contribution in [0.4, 0.5) is 10.9 Å². The van der Waals surface area contributed by atoms with Gasteiger partial charge in [-0.25, -0.2) is 4.79 Å². The van der Waals surface area contributed by atoms with E-state index in [1.807, 2.05) is 27.0 Å². The zero-order chi connectivity index (χ0) is 19.4. The zero-order valence-electron chi connectivity index (χ0n) is 15.5. The maximum atomic E-state index is 12.9. The van der Waals surface area contributed by atoms with E-state index in [4.69, 9.17) is 10.5 Å². The average Bonchev–Trinajstić information content (AvgIpc) is 3.09. The number of carbonyl (C=O) groups is 2. The van der Waals surface area contributed by atoms with Crippen molar-refractivity contribution >= 4 is 45.9 Å². The van der Waals surface area contributed by atoms with E-state index in [0.717, 1.165) is 10.4 Å². The van der Waals surface area contributed by atoms with Gasteiger partial charge in [0.05, 0.1) is 12.2 Å². The number of ether oxygens (including phenoxy) is 1. The van der Waals surface area contributed by atoms with Gasteiger partial charge in [-0.3, -0.25) is 9.36 Å². The second-order valence-electron chi connectivity index (χ2n) is 5.54. The molecular weight excluding hydrogens is 374 g/mol. The fraction of sp³-hybridized carbons (Fsp3) is 0.500. The molecule has 1 amide bonds. The number of nitrogens with zero attached hydrogens (tertiary/aromatic N) is 3. The second kappa shape index (κ2) is 8.54. The quantitative estimate of drug-likeness (QED) is 0.545. The number of thiophene rings is 1. The molecule has 2 aromatic heterocycles. The summed E-state index contributed by atoms with van der Waals surface area (Å²) in [7, 11) is 0. The van der Waals surface area contributed by atoms with Crippen molar-refractivity contribution in [2.75, 3.05) is 23.9 Å². The summed E-state index contributed by atoms with van der Waals surface area (Å²) in [6.07, 6.45) is 2.34. The third-order valence-corrected chi connectivity index (χ3v) is 5.74. The maximum Gasteiger partial charge on any atom is 0.341 e. The molecule has 1 atom stereocenters. The summed E-state index contributed by atoms with van der Waals surface area (Å²) < 4.78 is 6.74. The van der Waals surface area contributed by atoms with Crippen LogP contribution in [-0.2, 0) is 9.53 Å². The Hall–Kier alpha value is -2.07. The van der Waals surface area contributed by atoms with Crippen LogP contribution in [0.2, 0.25) is 0 Å². The summed E-state index contributed by atoms with van der Waals surface area (Å²) in [6.45, 7) is 7.64. The minimum Gasteiger partial charge on any atom is -0.462 e. The highest BCUT2D eigenvalue weighted by molar-refractivity contribution is 7.98. The summed E-state index contributed by atoms with van der Waals surface area (Å²) in [5.74, 6) is -0.534. The van der Waals surface area contributed by atoms with E-state index >= 15 is 0 Å². The smallest absolute Gasteiger partial charge is 0.341 e. The van der Waals surface area contributed by atoms with Gasteiger partial charge in [0.25, 0.3) is 0 Å². The Labute approximate surface area is 160 Å². The molecule has 0 spiro atoms. The third-order valence-electron chi connectivity index (χ3n) is 3.98. The van der Waals surface area contributed by atoms with Crippen LogP contribution in [0.15, 0.2) is 5.16 Å². The number of hydrogen-bond donors (Lipinski definition) is 2. The number of thioether (sulfide) groups is 1. The standard InChI is InChI=1S/C16H23N5O3S2/c1-6-10(21-15(17)19-20-16(21)25-5)12(22)18-13-11(14(23)24-7-2)8(3)9(4)26-13/h10H,6-7H2,1-5H3,(H2,17,19)(H,18,22). The molecule has 0 aliphatic carbocycles. The highest BCUT2D eigenvalue weighted by Gasteiger charge is 2.28. The molecular formula is C16H23N5O3S2. The van der Waals surface area contributed by atoms with Gasteiger partial charge in [-0.1, -0.05) is 18.7 Å². The van der Waals surface area contributed by atoms with Gasteiger partial charge < -0.3 is 15.8 Å². The van der Waals surface area contributed by atoms with Gasteiger partial charge in [-0.2, -0.15) is 0 Å². The molecule has 2 heterocycles. The van der Waals surface area contributed by atoms with E-state index in [1.54, 1.807) is 11.5 Å². The van der Waals surface area contributed by atoms with E-state index in [2.05, 4.69) is 15.5 Å². The molecule has 142 valence electrons. The van der Waals surface area contributed by atoms with E-state index in [9.17, 15) is 9.59 Å². The van der Waals surface area contributed by atoms with Crippen molar-refractivity contribution in [3.63, 3.8) is 0 Å². The number of esters is 1. The Kier molecular flexibility index (Phi) is 6.65. The first kappa shape index (κ1) is 20.2. The Morgan fingerprint density at radius 3 is 2.62 bits per heavy atom. The number of amides is 1. The van der Waals surface area contributed by atoms with Crippen molar-refractivity contribution in [2.24, 2.45) is 0 Å². The topological polar surface area (TPSA) is 112 Å². The van der Waals surface area contributed by atoms with Crippen molar-refractivity contribution < 1.29 is 14.3 Å². The van der Waals surface area contributed by atoms with Crippen LogP contribution in [0.1, 0.15) is 47.1 Å². The fourth-order valence-electron chi connectivity index (χ4n) is 2.56. The molecule has 2 rings (SSSR count). The van der Waals surface area contributed by atoms with Crippen LogP contribution in [0.3, 0.4) is 0 Å². The minimum atomic E-state index is -0.579. The molecule has 26 heavy (non-hydrogen) atoms. The number of nitrogens with one attached hydrogen (secondary N) is 1. The van der Waals surface area contributed by atoms with Crippen molar-refractivity contribution in [1.29, 1.82) is 0 Å². The SMILES string of the molecule is CCOC(=O)c1c(NC(=O)C(CC)n2c(N)nnc2SC)sc(C)c1C. The second-order valence-corrected chi connectivity index (χ2v) is 7.53. The van der Waals surface area contributed by atoms with Crippen molar-refractivity contribution in [2.45, 2.75) is 45.3 Å². The first-order chi connectivity index (χ1) is 12.3. The molecule has 0 fully saturated rings. The Bertz CT molecular complexity index is 815. The average molecular weight is 398 g/mol. The lowest BCUT2D eigenvalue weighted by Gasteiger charge is -2.18. The third kappa shape index (κ3) is 3.85. The van der Waals surface area contributed by atoms with Crippen molar-refractivity contribution in [1.82, 2.24) is 14.8 Å². The van der Waals surface area contributed by atoms with Gasteiger partial charge in [-0.05, 0) is 39.0 Å². The van der Waals surface area contributed by atoms with Gasteiger partial charge in [-0.15, -0.1) is 21.5 Å². The Morgan fingerprint density at radius 2 is 2.04 bits per heavy atom. The normalized spacial score (nSPS) is 12.0. The minimum absolute atomic E-state index is 0.181. The molecule has 2 aromatic rings. The van der Waals surface area contributed by atoms with Crippen LogP contribution in [0.5, 0.6) is 0 Å². The highest BCUT2D eigenvalue weighted by Crippen LogP contribution is 2.34. The van der Waals surface area contributed by atoms with Crippen molar-refractivity contribution in [3.8, 4) is 0 Å². The maximum absolute atomic E-state index is 12.9. The lowest BCUT2D eigenvalue weighted by molar-refractivity contribution is -0.119. The molecule has 1 unspecified atom stereocenters. The molecule has 0 radical (unpaired) electrons. The monoisotopic (exact) mass is 397 g/mol. The highest BCUT2D eigenvalue weighted by atomic mass is 32.2. The molecule has 0 aromatic carbocycles. The van der Waals surface area contributed by atoms with Crippen LogP contribution in [0, 0.1) is 13.8 Å². The van der Waals surface area contributed by atoms with E-state index in [1.165, 1.54) is 23.1 Å². The lowest BCUT2D eigenvalue weighted by atomic mass is 10.1. The first-order valence-corrected chi connectivity index (χ1v) is 10.2. The number of aryl methyl sites for hydroxylation is 1. The largest absolute Gasteiger partial charge is 0.462 e. The number of carbonyl (C=O) groups excluding carboxylic acids is 2. The van der Waals surface area contributed by atoms with Crippen LogP contribution < -0.4 is 11.1 Å². The fourth-order valence-corrected chi connectivity index (χ4v) is 4.16. The Morgan fingerprint density at radius 1 is 1.35 bits per heavy atom. The molecule has 0 aliphatic rings. The number of hydrogen-bond acceptors (Lipinski definition) is 8. The van der Waals surface area contributed by atoms with E-state index in [-0.39, 0.29) is 18.5 Å². The van der Waals surface area contributed by atoms with Gasteiger partial charge in [0, 0.05) is 4.88 Å². The molecule has 0 bridgehead atoms. The van der Waals surface area contributed by atoms with E-state index in [0.29, 0.717) is 22.1 Å². The molecule has 10 heteroatoms. The lowest BCUT2D eigenvalue weighted by Crippen LogP contribution is -2.27. The summed E-state index contributed by atoms with van der Waals surface area (Å²) in [4.78, 5) is 26.2. The number of anilines is 2. The van der Waals surface area contributed by atoms with Crippen LogP contribution >= 0.6 is 23.1 Å². The Balaban J connectivity index is 2.35. The van der Waals surface area contributed by atoms with Gasteiger partial charge in [0.15, 0.2) is 5.16 Å². The molecule has 8 nitrogen and oxygen atoms in total. The predicted octanol–water partition coefficient (Wildman–Crippen LogP) is 3.03. The summed E-state index contributed by atoms with van der Waals surface area (Å²) >= 11 is 2.72. The van der Waals surface area contributed by atoms with E-state index < -0.39 is 12.0 Å². The summed E-state index contributed by atoms with van der Waals surface area (Å²) in [6, 6.07) is -0.579. The summed E-state index contributed by atoms with van der Waals surface area (Å²) in [5.41, 5.74) is 7.11. The predicted molar refractivity (Wildman–Crippen MR) is 104 cm³/mol. The molecule has 0 saturated heterocycles. The van der Waals surface area contributed by atoms with Gasteiger partial charge in [0.2, 0.25) is 11.9 Å².